The van der Waals surface area contributed by atoms with E-state index < -0.39 is 17.8 Å². The first-order chi connectivity index (χ1) is 17.4. The number of carbonyl (C=O) groups excluding carboxylic acids is 3. The van der Waals surface area contributed by atoms with Crippen LogP contribution >= 0.6 is 12.2 Å². The van der Waals surface area contributed by atoms with Gasteiger partial charge in [0.15, 0.2) is 5.11 Å². The number of anilines is 1. The molecule has 182 valence electrons. The Morgan fingerprint density at radius 2 is 1.75 bits per heavy atom. The van der Waals surface area contributed by atoms with Crippen LogP contribution in [0, 0.1) is 0 Å². The predicted molar refractivity (Wildman–Crippen MR) is 135 cm³/mol. The summed E-state index contributed by atoms with van der Waals surface area (Å²) in [6.07, 6.45) is 1.48. The predicted octanol–water partition coefficient (Wildman–Crippen LogP) is 2.86. The highest BCUT2D eigenvalue weighted by atomic mass is 32.1. The molecule has 0 atom stereocenters. The summed E-state index contributed by atoms with van der Waals surface area (Å²) in [6, 6.07) is 20.0. The van der Waals surface area contributed by atoms with E-state index in [1.54, 1.807) is 60.7 Å². The van der Waals surface area contributed by atoms with Gasteiger partial charge in [0.05, 0.1) is 18.3 Å². The minimum absolute atomic E-state index is 0.0118. The van der Waals surface area contributed by atoms with Crippen molar-refractivity contribution in [1.29, 1.82) is 0 Å². The van der Waals surface area contributed by atoms with Gasteiger partial charge in [-0.25, -0.2) is 0 Å². The number of nitrogens with one attached hydrogen (secondary N) is 1. The van der Waals surface area contributed by atoms with E-state index in [-0.39, 0.29) is 22.9 Å². The van der Waals surface area contributed by atoms with E-state index >= 15 is 0 Å². The molecule has 0 bridgehead atoms. The third-order valence-electron chi connectivity index (χ3n) is 5.25. The third-order valence-corrected chi connectivity index (χ3v) is 5.53. The van der Waals surface area contributed by atoms with Crippen molar-refractivity contribution in [3.63, 3.8) is 0 Å². The molecule has 1 saturated heterocycles. The van der Waals surface area contributed by atoms with E-state index in [1.807, 2.05) is 6.92 Å². The number of hydrogen-bond donors (Lipinski definition) is 1. The van der Waals surface area contributed by atoms with Gasteiger partial charge in [0.25, 0.3) is 11.8 Å². The van der Waals surface area contributed by atoms with Gasteiger partial charge < -0.3 is 19.4 Å². The van der Waals surface area contributed by atoms with Crippen molar-refractivity contribution in [2.45, 2.75) is 13.5 Å². The monoisotopic (exact) mass is 501 g/mol. The van der Waals surface area contributed by atoms with E-state index in [0.717, 1.165) is 0 Å². The second kappa shape index (κ2) is 10.8. The number of carbonyl (C=O) groups is 3. The zero-order valence-electron chi connectivity index (χ0n) is 19.2. The van der Waals surface area contributed by atoms with Crippen LogP contribution in [0.1, 0.15) is 28.4 Å². The van der Waals surface area contributed by atoms with Gasteiger partial charge in [-0.1, -0.05) is 36.4 Å². The van der Waals surface area contributed by atoms with Gasteiger partial charge in [0.2, 0.25) is 0 Å². The molecule has 9 heteroatoms. The first kappa shape index (κ1) is 24.6. The number of amides is 2. The minimum atomic E-state index is -1.25. The van der Waals surface area contributed by atoms with Crippen molar-refractivity contribution < 1.29 is 29.0 Å². The van der Waals surface area contributed by atoms with Crippen LogP contribution in [0.3, 0.4) is 0 Å². The van der Waals surface area contributed by atoms with Gasteiger partial charge in [-0.05, 0) is 72.2 Å². The summed E-state index contributed by atoms with van der Waals surface area (Å²) in [5, 5.41) is 13.6. The fourth-order valence-corrected chi connectivity index (χ4v) is 3.83. The van der Waals surface area contributed by atoms with Gasteiger partial charge >= 0.3 is 0 Å². The normalized spacial score (nSPS) is 14.5. The Bertz CT molecular complexity index is 1370. The van der Waals surface area contributed by atoms with Crippen molar-refractivity contribution in [1.82, 2.24) is 5.32 Å². The van der Waals surface area contributed by atoms with Crippen LogP contribution in [-0.4, -0.2) is 29.5 Å². The molecule has 8 nitrogen and oxygen atoms in total. The third kappa shape index (κ3) is 5.59. The summed E-state index contributed by atoms with van der Waals surface area (Å²) in [6.45, 7) is 2.49. The molecule has 1 aliphatic rings. The number of hydrogen-bond acceptors (Lipinski definition) is 7. The van der Waals surface area contributed by atoms with E-state index in [1.165, 1.54) is 23.1 Å². The van der Waals surface area contributed by atoms with Crippen LogP contribution in [-0.2, 0) is 16.2 Å². The molecule has 0 aromatic heterocycles. The first-order valence-corrected chi connectivity index (χ1v) is 11.4. The quantitative estimate of drug-likeness (QED) is 0.287. The van der Waals surface area contributed by atoms with Gasteiger partial charge in [-0.2, -0.15) is 0 Å². The lowest BCUT2D eigenvalue weighted by molar-refractivity contribution is -0.255. The van der Waals surface area contributed by atoms with E-state index in [4.69, 9.17) is 21.7 Å². The topological polar surface area (TPSA) is 108 Å². The van der Waals surface area contributed by atoms with Gasteiger partial charge in [0, 0.05) is 6.07 Å². The molecule has 3 aromatic rings. The molecule has 1 aliphatic heterocycles. The summed E-state index contributed by atoms with van der Waals surface area (Å²) in [4.78, 5) is 38.0. The zero-order chi connectivity index (χ0) is 25.7. The second-order valence-electron chi connectivity index (χ2n) is 7.73. The number of ether oxygens (including phenoxy) is 2. The van der Waals surface area contributed by atoms with Crippen molar-refractivity contribution in [2.24, 2.45) is 0 Å². The van der Waals surface area contributed by atoms with Gasteiger partial charge in [0.1, 0.15) is 23.7 Å². The molecule has 4 rings (SSSR count). The molecule has 0 unspecified atom stereocenters. The highest BCUT2D eigenvalue weighted by Crippen LogP contribution is 2.26. The van der Waals surface area contributed by atoms with E-state index in [2.05, 4.69) is 5.32 Å². The summed E-state index contributed by atoms with van der Waals surface area (Å²) in [7, 11) is 0. The van der Waals surface area contributed by atoms with Crippen LogP contribution in [0.5, 0.6) is 11.5 Å². The van der Waals surface area contributed by atoms with E-state index in [9.17, 15) is 19.5 Å². The van der Waals surface area contributed by atoms with Crippen LogP contribution < -0.4 is 24.8 Å². The Hall–Kier alpha value is -4.50. The highest BCUT2D eigenvalue weighted by molar-refractivity contribution is 7.80. The Morgan fingerprint density at radius 1 is 1.00 bits per heavy atom. The lowest BCUT2D eigenvalue weighted by Gasteiger charge is -2.29. The molecule has 1 heterocycles. The molecule has 0 aliphatic carbocycles. The average Bonchev–Trinajstić information content (AvgIpc) is 2.86. The Balaban J connectivity index is 1.50. The number of thiocarbonyl (C=S) groups is 1. The summed E-state index contributed by atoms with van der Waals surface area (Å²) >= 11 is 5.25. The Kier molecular flexibility index (Phi) is 7.41. The highest BCUT2D eigenvalue weighted by Gasteiger charge is 2.34. The number of benzene rings is 3. The smallest absolute Gasteiger partial charge is 0.270 e. The fraction of sp³-hybridized carbons (Fsp3) is 0.111. The molecule has 0 saturated carbocycles. The maximum absolute atomic E-state index is 13.2. The lowest BCUT2D eigenvalue weighted by Crippen LogP contribution is -2.54. The fourth-order valence-electron chi connectivity index (χ4n) is 3.55. The molecule has 3 aromatic carbocycles. The number of rotatable bonds is 8. The van der Waals surface area contributed by atoms with Crippen LogP contribution in [0.4, 0.5) is 5.69 Å². The maximum atomic E-state index is 13.2. The van der Waals surface area contributed by atoms with Crippen molar-refractivity contribution in [3.05, 3.63) is 95.1 Å². The Morgan fingerprint density at radius 3 is 2.47 bits per heavy atom. The number of carboxylic acids is 1. The number of nitrogens with zero attached hydrogens (tertiary/aromatic N) is 1. The molecule has 36 heavy (non-hydrogen) atoms. The summed E-state index contributed by atoms with van der Waals surface area (Å²) in [5.74, 6) is -1.28. The SMILES string of the molecule is CCOc1cccc(N2C(=O)/C(=C/c3ccc(OCc4cccc(C(=O)[O-])c4)cc3)C(=O)NC2=S)c1. The lowest BCUT2D eigenvalue weighted by atomic mass is 10.1. The largest absolute Gasteiger partial charge is 0.545 e. The summed E-state index contributed by atoms with van der Waals surface area (Å²) < 4.78 is 11.2. The van der Waals surface area contributed by atoms with Crippen molar-refractivity contribution >= 4 is 46.9 Å². The average molecular weight is 502 g/mol. The minimum Gasteiger partial charge on any atom is -0.545 e. The van der Waals surface area contributed by atoms with E-state index in [0.29, 0.717) is 34.9 Å². The number of aromatic carboxylic acids is 1. The summed E-state index contributed by atoms with van der Waals surface area (Å²) in [5.41, 5.74) is 1.77. The van der Waals surface area contributed by atoms with Crippen LogP contribution in [0.2, 0.25) is 0 Å². The molecule has 0 radical (unpaired) electrons. The second-order valence-corrected chi connectivity index (χ2v) is 8.12. The number of carboxylic acid groups (broad SMARTS) is 1. The molecular formula is C27H21N2O6S-. The molecule has 2 amide bonds. The van der Waals surface area contributed by atoms with Crippen molar-refractivity contribution in [2.75, 3.05) is 11.5 Å². The zero-order valence-corrected chi connectivity index (χ0v) is 20.0. The van der Waals surface area contributed by atoms with Gasteiger partial charge in [-0.3, -0.25) is 19.8 Å². The van der Waals surface area contributed by atoms with Crippen LogP contribution in [0.15, 0.2) is 78.4 Å². The molecular weight excluding hydrogens is 480 g/mol. The molecule has 1 N–H and O–H groups in total. The van der Waals surface area contributed by atoms with Gasteiger partial charge in [-0.15, -0.1) is 0 Å². The molecule has 1 fully saturated rings. The standard InChI is InChI=1S/C27H22N2O6S/c1-2-34-22-8-4-7-20(15-22)29-25(31)23(24(30)28-27(29)36)14-17-9-11-21(12-10-17)35-16-18-5-3-6-19(13-18)26(32)33/h3-15H,2,16H2,1H3,(H,32,33)(H,28,30,36)/p-1/b23-14+. The maximum Gasteiger partial charge on any atom is 0.270 e. The van der Waals surface area contributed by atoms with Crippen LogP contribution in [0.25, 0.3) is 6.08 Å². The van der Waals surface area contributed by atoms with Crippen molar-refractivity contribution in [3.8, 4) is 11.5 Å². The Labute approximate surface area is 212 Å². The molecule has 0 spiro atoms. The first-order valence-electron chi connectivity index (χ1n) is 11.0.